The van der Waals surface area contributed by atoms with E-state index in [4.69, 9.17) is 18.9 Å². The summed E-state index contributed by atoms with van der Waals surface area (Å²) in [5.74, 6) is -0.425. The summed E-state index contributed by atoms with van der Waals surface area (Å²) in [4.78, 5) is 39.0. The summed E-state index contributed by atoms with van der Waals surface area (Å²) in [5, 5.41) is 8.04. The van der Waals surface area contributed by atoms with E-state index in [1.54, 1.807) is 17.8 Å². The molecule has 36 heavy (non-hydrogen) atoms. The fourth-order valence-electron chi connectivity index (χ4n) is 3.88. The fourth-order valence-corrected chi connectivity index (χ4v) is 4.63. The lowest BCUT2D eigenvalue weighted by Crippen LogP contribution is -2.29. The number of rotatable bonds is 17. The maximum Gasteiger partial charge on any atom is 0.232 e. The molecule has 1 aromatic heterocycles. The first kappa shape index (κ1) is 28.9. The van der Waals surface area contributed by atoms with Gasteiger partial charge in [-0.1, -0.05) is 34.7 Å². The van der Waals surface area contributed by atoms with Gasteiger partial charge in [0.25, 0.3) is 0 Å². The van der Waals surface area contributed by atoms with Gasteiger partial charge < -0.3 is 23.8 Å². The van der Waals surface area contributed by atoms with Gasteiger partial charge in [-0.05, 0) is 6.42 Å². The maximum atomic E-state index is 12.0. The Morgan fingerprint density at radius 3 is 2.25 bits per heavy atom. The molecule has 202 valence electrons. The molecule has 0 bridgehead atoms. The van der Waals surface area contributed by atoms with Crippen molar-refractivity contribution in [3.05, 3.63) is 11.9 Å². The highest BCUT2D eigenvalue weighted by Crippen LogP contribution is 2.20. The predicted octanol–water partition coefficient (Wildman–Crippen LogP) is 0.666. The van der Waals surface area contributed by atoms with Crippen LogP contribution in [-0.2, 0) is 46.4 Å². The molecule has 13 heteroatoms. The van der Waals surface area contributed by atoms with Gasteiger partial charge in [-0.2, -0.15) is 0 Å². The molecule has 3 amide bonds. The Bertz CT molecular complexity index is 855. The molecule has 3 rings (SSSR count). The van der Waals surface area contributed by atoms with Crippen molar-refractivity contribution in [1.82, 2.24) is 24.8 Å². The van der Waals surface area contributed by atoms with Crippen molar-refractivity contribution in [2.24, 2.45) is 5.92 Å². The molecular weight excluding hydrogens is 585 g/mol. The smallest absolute Gasteiger partial charge is 0.232 e. The molecule has 0 aromatic carbocycles. The lowest BCUT2D eigenvalue weighted by atomic mass is 10.1. The van der Waals surface area contributed by atoms with Crippen LogP contribution in [0.3, 0.4) is 0 Å². The zero-order chi connectivity index (χ0) is 25.8. The number of nitrogens with zero attached hydrogens (tertiary/aromatic N) is 5. The van der Waals surface area contributed by atoms with Crippen LogP contribution in [-0.4, -0.2) is 112 Å². The number of imide groups is 1. The molecule has 0 saturated carbocycles. The lowest BCUT2D eigenvalue weighted by molar-refractivity contribution is -0.140. The quantitative estimate of drug-likeness (QED) is 0.107. The number of halogens is 1. The average Bonchev–Trinajstić information content (AvgIpc) is 3.55. The summed E-state index contributed by atoms with van der Waals surface area (Å²) in [7, 11) is 0. The summed E-state index contributed by atoms with van der Waals surface area (Å²) in [6, 6.07) is 0. The Balaban J connectivity index is 1.09. The molecular formula is C23H36IN5O7. The molecule has 1 aromatic rings. The highest BCUT2D eigenvalue weighted by atomic mass is 127. The number of hydrogen-bond donors (Lipinski definition) is 0. The Morgan fingerprint density at radius 1 is 1.03 bits per heavy atom. The molecule has 12 nitrogen and oxygen atoms in total. The molecule has 2 atom stereocenters. The van der Waals surface area contributed by atoms with Crippen molar-refractivity contribution in [3.8, 4) is 0 Å². The monoisotopic (exact) mass is 621 g/mol. The topological polar surface area (TPSA) is 125 Å². The second kappa shape index (κ2) is 15.5. The summed E-state index contributed by atoms with van der Waals surface area (Å²) in [5.41, 5.74) is 0.574. The van der Waals surface area contributed by atoms with Crippen LogP contribution in [0.15, 0.2) is 6.20 Å². The number of alkyl halides is 1. The Labute approximate surface area is 225 Å². The van der Waals surface area contributed by atoms with Gasteiger partial charge in [0.2, 0.25) is 17.7 Å². The summed E-state index contributed by atoms with van der Waals surface area (Å²) in [6.07, 6.45) is 3.47. The number of carbonyl (C=O) groups excluding carboxylic acids is 3. The minimum Gasteiger partial charge on any atom is -0.379 e. The van der Waals surface area contributed by atoms with E-state index in [2.05, 4.69) is 32.9 Å². The van der Waals surface area contributed by atoms with E-state index in [0.29, 0.717) is 75.4 Å². The third-order valence-electron chi connectivity index (χ3n) is 5.90. The second-order valence-electron chi connectivity index (χ2n) is 8.82. The Kier molecular flexibility index (Phi) is 12.5. The van der Waals surface area contributed by atoms with Crippen LogP contribution >= 0.6 is 22.6 Å². The summed E-state index contributed by atoms with van der Waals surface area (Å²) >= 11 is 2.39. The zero-order valence-corrected chi connectivity index (χ0v) is 23.0. The van der Waals surface area contributed by atoms with Crippen LogP contribution in [0.5, 0.6) is 0 Å². The van der Waals surface area contributed by atoms with E-state index < -0.39 is 0 Å². The van der Waals surface area contributed by atoms with Gasteiger partial charge in [-0.3, -0.25) is 19.3 Å². The number of likely N-dealkylation sites (tertiary alicyclic amines) is 2. The molecule has 0 aliphatic carbocycles. The third-order valence-corrected chi connectivity index (χ3v) is 6.92. The van der Waals surface area contributed by atoms with E-state index in [1.165, 1.54) is 4.90 Å². The van der Waals surface area contributed by atoms with Crippen molar-refractivity contribution in [1.29, 1.82) is 0 Å². The lowest BCUT2D eigenvalue weighted by Gasteiger charge is -2.15. The SMILES string of the molecule is CC1CC(=O)N(Cc2cn(CCOCCOCCOCCOCCC(=O)N3CCC(I)C3)nn2)C1=O. The number of ether oxygens (including phenoxy) is 4. The van der Waals surface area contributed by atoms with Crippen molar-refractivity contribution in [2.45, 2.75) is 43.2 Å². The van der Waals surface area contributed by atoms with Crippen LogP contribution in [0.1, 0.15) is 31.9 Å². The van der Waals surface area contributed by atoms with Gasteiger partial charge in [0, 0.05) is 29.4 Å². The van der Waals surface area contributed by atoms with E-state index in [1.807, 2.05) is 4.90 Å². The Hall–Kier alpha value is -1.68. The first-order valence-electron chi connectivity index (χ1n) is 12.4. The average molecular weight is 621 g/mol. The van der Waals surface area contributed by atoms with Gasteiger partial charge in [0.05, 0.1) is 78.6 Å². The van der Waals surface area contributed by atoms with Crippen molar-refractivity contribution < 1.29 is 33.3 Å². The molecule has 0 spiro atoms. The fraction of sp³-hybridized carbons (Fsp3) is 0.783. The number of carbonyl (C=O) groups is 3. The van der Waals surface area contributed by atoms with Crippen LogP contribution in [0.25, 0.3) is 0 Å². The zero-order valence-electron chi connectivity index (χ0n) is 20.8. The van der Waals surface area contributed by atoms with Crippen molar-refractivity contribution >= 4 is 40.3 Å². The maximum absolute atomic E-state index is 12.0. The van der Waals surface area contributed by atoms with Gasteiger partial charge >= 0.3 is 0 Å². The number of hydrogen-bond acceptors (Lipinski definition) is 9. The first-order chi connectivity index (χ1) is 17.4. The van der Waals surface area contributed by atoms with E-state index >= 15 is 0 Å². The van der Waals surface area contributed by atoms with Crippen LogP contribution in [0, 0.1) is 5.92 Å². The molecule has 2 aliphatic heterocycles. The van der Waals surface area contributed by atoms with E-state index in [0.717, 1.165) is 19.5 Å². The summed E-state index contributed by atoms with van der Waals surface area (Å²) < 4.78 is 24.1. The minimum absolute atomic E-state index is 0.155. The highest BCUT2D eigenvalue weighted by molar-refractivity contribution is 14.1. The summed E-state index contributed by atoms with van der Waals surface area (Å²) in [6.45, 7) is 7.75. The number of amides is 3. The number of aromatic nitrogens is 3. The highest BCUT2D eigenvalue weighted by Gasteiger charge is 2.35. The minimum atomic E-state index is -0.264. The Morgan fingerprint density at radius 2 is 1.67 bits per heavy atom. The molecule has 2 unspecified atom stereocenters. The third kappa shape index (κ3) is 9.65. The normalized spacial score (nSPS) is 20.2. The standard InChI is InChI=1S/C23H36IN5O7/c1-18-14-22(31)29(23(18)32)17-20-16-28(26-25-20)5-7-34-9-11-36-13-12-35-10-8-33-6-3-21(30)27-4-2-19(24)15-27/h16,18-19H,2-15,17H2,1H3. The van der Waals surface area contributed by atoms with Gasteiger partial charge in [-0.15, -0.1) is 5.10 Å². The molecule has 3 heterocycles. The van der Waals surface area contributed by atoms with Crippen LogP contribution < -0.4 is 0 Å². The van der Waals surface area contributed by atoms with Gasteiger partial charge in [0.1, 0.15) is 5.69 Å². The molecule has 0 radical (unpaired) electrons. The largest absolute Gasteiger partial charge is 0.379 e. The molecule has 2 saturated heterocycles. The van der Waals surface area contributed by atoms with E-state index in [9.17, 15) is 14.4 Å². The molecule has 2 aliphatic rings. The van der Waals surface area contributed by atoms with Crippen molar-refractivity contribution in [3.63, 3.8) is 0 Å². The van der Waals surface area contributed by atoms with Crippen LogP contribution in [0.2, 0.25) is 0 Å². The van der Waals surface area contributed by atoms with Crippen LogP contribution in [0.4, 0.5) is 0 Å². The van der Waals surface area contributed by atoms with E-state index in [-0.39, 0.29) is 36.6 Å². The molecule has 2 fully saturated rings. The van der Waals surface area contributed by atoms with Crippen molar-refractivity contribution in [2.75, 3.05) is 65.9 Å². The first-order valence-corrected chi connectivity index (χ1v) is 13.6. The second-order valence-corrected chi connectivity index (χ2v) is 10.6. The predicted molar refractivity (Wildman–Crippen MR) is 136 cm³/mol. The van der Waals surface area contributed by atoms with Gasteiger partial charge in [-0.25, -0.2) is 4.68 Å². The van der Waals surface area contributed by atoms with Gasteiger partial charge in [0.15, 0.2) is 0 Å². The molecule has 0 N–H and O–H groups in total.